The van der Waals surface area contributed by atoms with E-state index in [2.05, 4.69) is 10.3 Å². The van der Waals surface area contributed by atoms with Crippen molar-refractivity contribution in [3.8, 4) is 0 Å². The molecule has 4 rings (SSSR count). The lowest BCUT2D eigenvalue weighted by Gasteiger charge is -2.41. The third-order valence-electron chi connectivity index (χ3n) is 4.77. The van der Waals surface area contributed by atoms with E-state index in [-0.39, 0.29) is 5.91 Å². The van der Waals surface area contributed by atoms with E-state index in [4.69, 9.17) is 4.74 Å². The van der Waals surface area contributed by atoms with Gasteiger partial charge in [-0.25, -0.2) is 9.78 Å². The van der Waals surface area contributed by atoms with Crippen molar-refractivity contribution in [3.63, 3.8) is 0 Å². The van der Waals surface area contributed by atoms with Crippen LogP contribution >= 0.6 is 11.3 Å². The normalized spacial score (nSPS) is 15.1. The van der Waals surface area contributed by atoms with Crippen molar-refractivity contribution in [2.75, 3.05) is 16.8 Å². The molecule has 30 heavy (non-hydrogen) atoms. The molecule has 1 aliphatic rings. The van der Waals surface area contributed by atoms with Gasteiger partial charge in [0.25, 0.3) is 5.91 Å². The number of para-hydroxylation sites is 3. The van der Waals surface area contributed by atoms with Crippen LogP contribution in [0.2, 0.25) is 0 Å². The predicted molar refractivity (Wildman–Crippen MR) is 116 cm³/mol. The predicted octanol–water partition coefficient (Wildman–Crippen LogP) is 3.62. The maximum absolute atomic E-state index is 12.9. The molecule has 0 atom stereocenters. The highest BCUT2D eigenvalue weighted by Gasteiger charge is 2.43. The Hall–Kier alpha value is -3.52. The number of hydrogen-bond acceptors (Lipinski definition) is 6. The maximum Gasteiger partial charge on any atom is 0.331 e. The van der Waals surface area contributed by atoms with Gasteiger partial charge < -0.3 is 10.1 Å². The molecule has 2 heterocycles. The summed E-state index contributed by atoms with van der Waals surface area (Å²) >= 11 is 1.45. The van der Waals surface area contributed by atoms with Crippen molar-refractivity contribution in [1.29, 1.82) is 0 Å². The fourth-order valence-electron chi connectivity index (χ4n) is 3.24. The smallest absolute Gasteiger partial charge is 0.331 e. The number of rotatable bonds is 4. The summed E-state index contributed by atoms with van der Waals surface area (Å²) in [5.74, 6) is -1.45. The van der Waals surface area contributed by atoms with Crippen molar-refractivity contribution >= 4 is 56.8 Å². The average Bonchev–Trinajstić information content (AvgIpc) is 3.14. The second-order valence-corrected chi connectivity index (χ2v) is 8.28. The van der Waals surface area contributed by atoms with Gasteiger partial charge in [-0.1, -0.05) is 24.3 Å². The molecule has 1 aromatic heterocycles. The number of thiazole rings is 1. The Morgan fingerprint density at radius 1 is 1.17 bits per heavy atom. The number of anilines is 2. The van der Waals surface area contributed by atoms with E-state index in [9.17, 15) is 14.4 Å². The minimum atomic E-state index is -1.12. The Labute approximate surface area is 177 Å². The average molecular weight is 421 g/mol. The van der Waals surface area contributed by atoms with Gasteiger partial charge in [-0.15, -0.1) is 11.3 Å². The third-order valence-corrected chi connectivity index (χ3v) is 5.77. The van der Waals surface area contributed by atoms with Crippen molar-refractivity contribution in [2.45, 2.75) is 19.4 Å². The van der Waals surface area contributed by atoms with Crippen LogP contribution in [0.25, 0.3) is 16.3 Å². The fraction of sp³-hybridized carbons (Fsp3) is 0.182. The standard InChI is InChI=1S/C22H19N3O4S/c1-22(2)21(28)24-14-7-3-5-9-16(14)25(22)19(26)13-29-20(27)12-11-18-23-15-8-4-6-10-17(15)30-18/h3-12H,13H2,1-2H3,(H,24,28). The highest BCUT2D eigenvalue weighted by Crippen LogP contribution is 2.36. The number of carbonyl (C=O) groups is 3. The van der Waals surface area contributed by atoms with Crippen molar-refractivity contribution < 1.29 is 19.1 Å². The van der Waals surface area contributed by atoms with Crippen LogP contribution in [0.5, 0.6) is 0 Å². The molecule has 0 aliphatic carbocycles. The fourth-order valence-corrected chi connectivity index (χ4v) is 4.11. The molecule has 0 saturated carbocycles. The molecule has 0 radical (unpaired) electrons. The largest absolute Gasteiger partial charge is 0.452 e. The van der Waals surface area contributed by atoms with E-state index in [1.165, 1.54) is 22.3 Å². The quantitative estimate of drug-likeness (QED) is 0.513. The van der Waals surface area contributed by atoms with E-state index < -0.39 is 24.0 Å². The number of esters is 1. The molecule has 0 spiro atoms. The molecular formula is C22H19N3O4S. The van der Waals surface area contributed by atoms with E-state index in [1.807, 2.05) is 24.3 Å². The van der Waals surface area contributed by atoms with Crippen LogP contribution < -0.4 is 10.2 Å². The van der Waals surface area contributed by atoms with Gasteiger partial charge in [0.15, 0.2) is 6.61 Å². The summed E-state index contributed by atoms with van der Waals surface area (Å²) in [6, 6.07) is 14.7. The molecule has 0 saturated heterocycles. The molecule has 1 N–H and O–H groups in total. The molecule has 0 fully saturated rings. The number of nitrogens with zero attached hydrogens (tertiary/aromatic N) is 2. The summed E-state index contributed by atoms with van der Waals surface area (Å²) in [4.78, 5) is 43.2. The van der Waals surface area contributed by atoms with Crippen LogP contribution in [0.3, 0.4) is 0 Å². The Bertz CT molecular complexity index is 1150. The highest BCUT2D eigenvalue weighted by molar-refractivity contribution is 7.19. The first-order valence-corrected chi connectivity index (χ1v) is 10.1. The number of benzene rings is 2. The van der Waals surface area contributed by atoms with Crippen molar-refractivity contribution in [3.05, 3.63) is 59.6 Å². The first kappa shape index (κ1) is 19.8. The van der Waals surface area contributed by atoms with Crippen LogP contribution in [-0.2, 0) is 19.1 Å². The zero-order valence-electron chi connectivity index (χ0n) is 16.4. The monoisotopic (exact) mass is 421 g/mol. The minimum absolute atomic E-state index is 0.309. The molecule has 1 aliphatic heterocycles. The van der Waals surface area contributed by atoms with Crippen LogP contribution in [0.4, 0.5) is 11.4 Å². The molecule has 0 bridgehead atoms. The second-order valence-electron chi connectivity index (χ2n) is 7.22. The SMILES string of the molecule is CC1(C)C(=O)Nc2ccccc2N1C(=O)COC(=O)C=Cc1nc2ccccc2s1. The lowest BCUT2D eigenvalue weighted by atomic mass is 9.96. The van der Waals surface area contributed by atoms with Gasteiger partial charge in [0, 0.05) is 6.08 Å². The van der Waals surface area contributed by atoms with Crippen LogP contribution in [0, 0.1) is 0 Å². The van der Waals surface area contributed by atoms with E-state index in [0.717, 1.165) is 10.2 Å². The summed E-state index contributed by atoms with van der Waals surface area (Å²) < 4.78 is 6.14. The molecule has 2 aromatic carbocycles. The number of carbonyl (C=O) groups excluding carboxylic acids is 3. The second kappa shape index (κ2) is 7.72. The first-order valence-electron chi connectivity index (χ1n) is 9.30. The van der Waals surface area contributed by atoms with E-state index in [0.29, 0.717) is 16.4 Å². The minimum Gasteiger partial charge on any atom is -0.452 e. The third kappa shape index (κ3) is 3.69. The molecule has 8 heteroatoms. The Balaban J connectivity index is 1.44. The molecular weight excluding hydrogens is 402 g/mol. The number of aromatic nitrogens is 1. The van der Waals surface area contributed by atoms with Crippen LogP contribution in [0.1, 0.15) is 18.9 Å². The summed E-state index contributed by atoms with van der Waals surface area (Å²) in [5.41, 5.74) is 0.842. The van der Waals surface area contributed by atoms with E-state index >= 15 is 0 Å². The van der Waals surface area contributed by atoms with Gasteiger partial charge in [0.2, 0.25) is 5.91 Å². The molecule has 2 amide bonds. The lowest BCUT2D eigenvalue weighted by molar-refractivity contribution is -0.143. The molecule has 152 valence electrons. The highest BCUT2D eigenvalue weighted by atomic mass is 32.1. The zero-order valence-corrected chi connectivity index (χ0v) is 17.2. The summed E-state index contributed by atoms with van der Waals surface area (Å²) in [6.07, 6.45) is 2.80. The maximum atomic E-state index is 12.9. The summed E-state index contributed by atoms with van der Waals surface area (Å²) in [6.45, 7) is 2.81. The number of fused-ring (bicyclic) bond motifs is 2. The van der Waals surface area contributed by atoms with Crippen molar-refractivity contribution in [1.82, 2.24) is 4.98 Å². The first-order chi connectivity index (χ1) is 14.4. The Morgan fingerprint density at radius 3 is 2.70 bits per heavy atom. The topological polar surface area (TPSA) is 88.6 Å². The summed E-state index contributed by atoms with van der Waals surface area (Å²) in [7, 11) is 0. The Morgan fingerprint density at radius 2 is 1.90 bits per heavy atom. The van der Waals surface area contributed by atoms with Crippen LogP contribution in [0.15, 0.2) is 54.6 Å². The number of ether oxygens (including phenoxy) is 1. The van der Waals surface area contributed by atoms with Gasteiger partial charge in [0.05, 0.1) is 21.6 Å². The number of hydrogen-bond donors (Lipinski definition) is 1. The molecule has 0 unspecified atom stereocenters. The van der Waals surface area contributed by atoms with Gasteiger partial charge in [-0.2, -0.15) is 0 Å². The summed E-state index contributed by atoms with van der Waals surface area (Å²) in [5, 5.41) is 3.46. The number of nitrogens with one attached hydrogen (secondary N) is 1. The van der Waals surface area contributed by atoms with Gasteiger partial charge >= 0.3 is 5.97 Å². The van der Waals surface area contributed by atoms with Gasteiger partial charge in [0.1, 0.15) is 10.5 Å². The lowest BCUT2D eigenvalue weighted by Crippen LogP contribution is -2.59. The molecule has 3 aromatic rings. The van der Waals surface area contributed by atoms with Crippen molar-refractivity contribution in [2.24, 2.45) is 0 Å². The molecule has 7 nitrogen and oxygen atoms in total. The van der Waals surface area contributed by atoms with Gasteiger partial charge in [-0.05, 0) is 44.2 Å². The van der Waals surface area contributed by atoms with Gasteiger partial charge in [-0.3, -0.25) is 14.5 Å². The number of amides is 2. The van der Waals surface area contributed by atoms with Crippen LogP contribution in [-0.4, -0.2) is 34.9 Å². The zero-order chi connectivity index (χ0) is 21.3. The van der Waals surface area contributed by atoms with E-state index in [1.54, 1.807) is 44.2 Å². The Kier molecular flexibility index (Phi) is 5.09.